The molecule has 0 unspecified atom stereocenters. The van der Waals surface area contributed by atoms with Gasteiger partial charge in [0.15, 0.2) is 0 Å². The summed E-state index contributed by atoms with van der Waals surface area (Å²) >= 11 is 0. The number of piperazine rings is 1. The molecular formula is C30H36N4O. The molecule has 2 fully saturated rings. The highest BCUT2D eigenvalue weighted by molar-refractivity contribution is 5.95. The maximum atomic E-state index is 13.0. The van der Waals surface area contributed by atoms with Crippen LogP contribution in [0.25, 0.3) is 11.1 Å². The van der Waals surface area contributed by atoms with Crippen molar-refractivity contribution in [2.24, 2.45) is 0 Å². The fourth-order valence-corrected chi connectivity index (χ4v) is 5.12. The average molecular weight is 469 g/mol. The summed E-state index contributed by atoms with van der Waals surface area (Å²) in [6, 6.07) is 27.6. The van der Waals surface area contributed by atoms with Crippen molar-refractivity contribution in [3.8, 4) is 11.1 Å². The van der Waals surface area contributed by atoms with Gasteiger partial charge in [0.2, 0.25) is 0 Å². The maximum Gasteiger partial charge on any atom is 0.251 e. The van der Waals surface area contributed by atoms with E-state index in [1.807, 2.05) is 18.2 Å². The maximum absolute atomic E-state index is 13.0. The minimum Gasteiger partial charge on any atom is -0.369 e. The number of carbonyl (C=O) groups is 1. The predicted molar refractivity (Wildman–Crippen MR) is 144 cm³/mol. The van der Waals surface area contributed by atoms with Crippen LogP contribution in [0, 0.1) is 0 Å². The van der Waals surface area contributed by atoms with Crippen LogP contribution in [0.15, 0.2) is 78.9 Å². The zero-order valence-corrected chi connectivity index (χ0v) is 20.7. The topological polar surface area (TPSA) is 38.8 Å². The summed E-state index contributed by atoms with van der Waals surface area (Å²) in [6.07, 6.45) is 1.98. The minimum absolute atomic E-state index is 0.0300. The molecule has 1 N–H and O–H groups in total. The smallest absolute Gasteiger partial charge is 0.251 e. The number of carbonyl (C=O) groups excluding carboxylic acids is 1. The van der Waals surface area contributed by atoms with E-state index in [1.54, 1.807) is 0 Å². The van der Waals surface area contributed by atoms with Gasteiger partial charge in [-0.15, -0.1) is 0 Å². The fraction of sp³-hybridized carbons (Fsp3) is 0.367. The monoisotopic (exact) mass is 468 g/mol. The van der Waals surface area contributed by atoms with Crippen LogP contribution in [0.1, 0.15) is 28.8 Å². The van der Waals surface area contributed by atoms with E-state index in [9.17, 15) is 4.79 Å². The number of benzene rings is 3. The van der Waals surface area contributed by atoms with Crippen LogP contribution in [0.4, 0.5) is 5.69 Å². The van der Waals surface area contributed by atoms with Gasteiger partial charge in [0, 0.05) is 63.1 Å². The Kier molecular flexibility index (Phi) is 7.45. The van der Waals surface area contributed by atoms with Crippen molar-refractivity contribution >= 4 is 11.6 Å². The summed E-state index contributed by atoms with van der Waals surface area (Å²) < 4.78 is 0. The fourth-order valence-electron chi connectivity index (χ4n) is 5.12. The third-order valence-electron chi connectivity index (χ3n) is 7.37. The number of anilines is 1. The Morgan fingerprint density at radius 2 is 1.51 bits per heavy atom. The van der Waals surface area contributed by atoms with E-state index in [-0.39, 0.29) is 11.9 Å². The average Bonchev–Trinajstić information content (AvgIpc) is 2.91. The van der Waals surface area contributed by atoms with Gasteiger partial charge in [0.25, 0.3) is 5.91 Å². The molecule has 0 aliphatic carbocycles. The lowest BCUT2D eigenvalue weighted by Gasteiger charge is -2.34. The highest BCUT2D eigenvalue weighted by atomic mass is 16.1. The second-order valence-corrected chi connectivity index (χ2v) is 9.93. The van der Waals surface area contributed by atoms with Gasteiger partial charge >= 0.3 is 0 Å². The Hall–Kier alpha value is -3.15. The summed E-state index contributed by atoms with van der Waals surface area (Å²) in [6.45, 7) is 7.35. The predicted octanol–water partition coefficient (Wildman–Crippen LogP) is 4.50. The number of likely N-dealkylation sites (tertiary alicyclic amines) is 1. The highest BCUT2D eigenvalue weighted by Crippen LogP contribution is 2.25. The number of hydrogen-bond acceptors (Lipinski definition) is 4. The summed E-state index contributed by atoms with van der Waals surface area (Å²) in [7, 11) is 2.18. The number of piperidine rings is 1. The van der Waals surface area contributed by atoms with Gasteiger partial charge in [0.1, 0.15) is 0 Å². The summed E-state index contributed by atoms with van der Waals surface area (Å²) in [4.78, 5) is 20.3. The molecule has 5 heteroatoms. The van der Waals surface area contributed by atoms with Crippen LogP contribution in [0.2, 0.25) is 0 Å². The number of nitrogens with zero attached hydrogens (tertiary/aromatic N) is 3. The Morgan fingerprint density at radius 3 is 2.23 bits per heavy atom. The number of hydrogen-bond donors (Lipinski definition) is 1. The molecule has 2 heterocycles. The molecule has 5 rings (SSSR count). The van der Waals surface area contributed by atoms with E-state index in [1.165, 1.54) is 11.3 Å². The Balaban J connectivity index is 1.16. The molecule has 0 aromatic heterocycles. The number of amides is 1. The van der Waals surface area contributed by atoms with E-state index in [0.717, 1.165) is 75.3 Å². The van der Waals surface area contributed by atoms with Crippen molar-refractivity contribution in [3.63, 3.8) is 0 Å². The largest absolute Gasteiger partial charge is 0.369 e. The third kappa shape index (κ3) is 6.11. The van der Waals surface area contributed by atoms with Gasteiger partial charge in [0.05, 0.1) is 0 Å². The van der Waals surface area contributed by atoms with Crippen molar-refractivity contribution in [3.05, 3.63) is 90.0 Å². The Labute approximate surface area is 209 Å². The lowest BCUT2D eigenvalue weighted by molar-refractivity contribution is 0.0909. The molecule has 2 aliphatic rings. The Bertz CT molecular complexity index is 1100. The standard InChI is InChI=1S/C30H36N4O/c1-32-18-20-34(21-19-32)29-12-10-25(11-13-29)26-8-5-9-27(22-26)30(35)31-28-14-16-33(17-15-28)23-24-6-3-2-4-7-24/h2-13,22,28H,14-21,23H2,1H3,(H,31,35). The van der Waals surface area contributed by atoms with Gasteiger partial charge in [-0.1, -0.05) is 54.6 Å². The van der Waals surface area contributed by atoms with Gasteiger partial charge in [-0.25, -0.2) is 0 Å². The van der Waals surface area contributed by atoms with Gasteiger partial charge in [-0.2, -0.15) is 0 Å². The molecule has 182 valence electrons. The van der Waals surface area contributed by atoms with Crippen molar-refractivity contribution in [2.45, 2.75) is 25.4 Å². The van der Waals surface area contributed by atoms with Crippen LogP contribution in [0.3, 0.4) is 0 Å². The first kappa shape index (κ1) is 23.6. The van der Waals surface area contributed by atoms with E-state index in [4.69, 9.17) is 0 Å². The normalized spacial score (nSPS) is 17.9. The zero-order chi connectivity index (χ0) is 24.0. The summed E-state index contributed by atoms with van der Waals surface area (Å²) in [5, 5.41) is 3.28. The second kappa shape index (κ2) is 11.1. The first-order chi connectivity index (χ1) is 17.1. The molecule has 2 aliphatic heterocycles. The van der Waals surface area contributed by atoms with E-state index >= 15 is 0 Å². The molecular weight excluding hydrogens is 432 g/mol. The minimum atomic E-state index is 0.0300. The molecule has 35 heavy (non-hydrogen) atoms. The second-order valence-electron chi connectivity index (χ2n) is 9.93. The molecule has 1 amide bonds. The van der Waals surface area contributed by atoms with E-state index < -0.39 is 0 Å². The van der Waals surface area contributed by atoms with Gasteiger partial charge in [-0.05, 0) is 60.8 Å². The zero-order valence-electron chi connectivity index (χ0n) is 20.7. The Morgan fingerprint density at radius 1 is 0.800 bits per heavy atom. The first-order valence-corrected chi connectivity index (χ1v) is 12.9. The third-order valence-corrected chi connectivity index (χ3v) is 7.37. The van der Waals surface area contributed by atoms with Crippen LogP contribution >= 0.6 is 0 Å². The van der Waals surface area contributed by atoms with E-state index in [0.29, 0.717) is 0 Å². The number of likely N-dealkylation sites (N-methyl/N-ethyl adjacent to an activating group) is 1. The van der Waals surface area contributed by atoms with E-state index in [2.05, 4.69) is 87.7 Å². The molecule has 0 atom stereocenters. The molecule has 0 bridgehead atoms. The van der Waals surface area contributed by atoms with Crippen molar-refractivity contribution < 1.29 is 4.79 Å². The van der Waals surface area contributed by atoms with Gasteiger partial charge in [-0.3, -0.25) is 9.69 Å². The van der Waals surface area contributed by atoms with Crippen LogP contribution in [-0.2, 0) is 6.54 Å². The van der Waals surface area contributed by atoms with Gasteiger partial charge < -0.3 is 15.1 Å². The van der Waals surface area contributed by atoms with Crippen LogP contribution in [0.5, 0.6) is 0 Å². The highest BCUT2D eigenvalue weighted by Gasteiger charge is 2.21. The summed E-state index contributed by atoms with van der Waals surface area (Å²) in [5.41, 5.74) is 5.59. The van der Waals surface area contributed by atoms with Crippen molar-refractivity contribution in [1.29, 1.82) is 0 Å². The molecule has 3 aromatic rings. The van der Waals surface area contributed by atoms with Crippen LogP contribution in [-0.4, -0.2) is 68.1 Å². The van der Waals surface area contributed by atoms with Crippen LogP contribution < -0.4 is 10.2 Å². The molecule has 3 aromatic carbocycles. The number of nitrogens with one attached hydrogen (secondary N) is 1. The molecule has 2 saturated heterocycles. The van der Waals surface area contributed by atoms with Crippen molar-refractivity contribution in [2.75, 3.05) is 51.2 Å². The SMILES string of the molecule is CN1CCN(c2ccc(-c3cccc(C(=O)NC4CCN(Cc5ccccc5)CC4)c3)cc2)CC1. The molecule has 0 spiro atoms. The summed E-state index contributed by atoms with van der Waals surface area (Å²) in [5.74, 6) is 0.0300. The van der Waals surface area contributed by atoms with Crippen molar-refractivity contribution in [1.82, 2.24) is 15.1 Å². The first-order valence-electron chi connectivity index (χ1n) is 12.9. The lowest BCUT2D eigenvalue weighted by atomic mass is 10.0. The molecule has 5 nitrogen and oxygen atoms in total. The molecule has 0 saturated carbocycles. The number of rotatable bonds is 6. The molecule has 0 radical (unpaired) electrons. The quantitative estimate of drug-likeness (QED) is 0.578. The lowest BCUT2D eigenvalue weighted by Crippen LogP contribution is -2.44.